The second kappa shape index (κ2) is 12.6. The third kappa shape index (κ3) is 6.54. The molecule has 37 heavy (non-hydrogen) atoms. The Morgan fingerprint density at radius 3 is 2.16 bits per heavy atom. The van der Waals surface area contributed by atoms with Crippen molar-refractivity contribution in [3.63, 3.8) is 0 Å². The normalized spacial score (nSPS) is 15.7. The molecule has 204 valence electrons. The highest BCUT2D eigenvalue weighted by atomic mass is 32.2. The third-order valence-electron chi connectivity index (χ3n) is 6.78. The van der Waals surface area contributed by atoms with Crippen LogP contribution in [0.1, 0.15) is 69.4 Å². The summed E-state index contributed by atoms with van der Waals surface area (Å²) in [4.78, 5) is 14.6. The first-order chi connectivity index (χ1) is 17.2. The molecule has 2 aromatic carbocycles. The largest absolute Gasteiger partial charge is 0.482 e. The van der Waals surface area contributed by atoms with Gasteiger partial charge >= 0.3 is 0 Å². The second-order valence-electron chi connectivity index (χ2n) is 8.94. The summed E-state index contributed by atoms with van der Waals surface area (Å²) >= 11 is 0. The Kier molecular flexibility index (Phi) is 10.4. The van der Waals surface area contributed by atoms with Crippen LogP contribution in [0, 0.1) is 0 Å². The molecule has 0 unspecified atom stereocenters. The molecule has 0 bridgehead atoms. The predicted molar refractivity (Wildman–Crippen MR) is 154 cm³/mol. The number of piperidine rings is 1. The number of ether oxygens (including phenoxy) is 1. The minimum absolute atomic E-state index is 0. The zero-order chi connectivity index (χ0) is 26.5. The summed E-state index contributed by atoms with van der Waals surface area (Å²) in [5, 5.41) is 3.39. The van der Waals surface area contributed by atoms with E-state index >= 15 is 0 Å². The molecule has 0 saturated carbocycles. The molecule has 2 heterocycles. The maximum atomic E-state index is 12.8. The molecular formula is C29H43N3O4S. The molecule has 1 amide bonds. The summed E-state index contributed by atoms with van der Waals surface area (Å²) in [6.07, 6.45) is 5.07. The molecule has 1 spiro atoms. The van der Waals surface area contributed by atoms with Crippen molar-refractivity contribution in [2.45, 2.75) is 53.6 Å². The SMILES string of the molecule is C.CC.CCN(CC)C(=O)c1ccc(C2=CC3(CCNCC3)Oc3ccc(N(C)S(C)(=O)=O)cc32)cc1. The van der Waals surface area contributed by atoms with Crippen LogP contribution in [-0.2, 0) is 10.0 Å². The highest BCUT2D eigenvalue weighted by molar-refractivity contribution is 7.92. The fourth-order valence-electron chi connectivity index (χ4n) is 4.61. The van der Waals surface area contributed by atoms with Crippen LogP contribution in [0.2, 0.25) is 0 Å². The molecule has 2 aliphatic rings. The summed E-state index contributed by atoms with van der Waals surface area (Å²) in [5.74, 6) is 0.762. The summed E-state index contributed by atoms with van der Waals surface area (Å²) < 4.78 is 32.1. The number of fused-ring (bicyclic) bond motifs is 1. The molecule has 2 aromatic rings. The number of nitrogens with one attached hydrogen (secondary N) is 1. The van der Waals surface area contributed by atoms with Gasteiger partial charge in [0, 0.05) is 44.1 Å². The number of sulfonamides is 1. The van der Waals surface area contributed by atoms with Gasteiger partial charge in [0.1, 0.15) is 11.4 Å². The summed E-state index contributed by atoms with van der Waals surface area (Å²) in [6.45, 7) is 11.0. The maximum absolute atomic E-state index is 12.8. The van der Waals surface area contributed by atoms with Crippen molar-refractivity contribution >= 4 is 27.2 Å². The Labute approximate surface area is 223 Å². The topological polar surface area (TPSA) is 79.0 Å². The van der Waals surface area contributed by atoms with Crippen LogP contribution in [0.3, 0.4) is 0 Å². The van der Waals surface area contributed by atoms with Gasteiger partial charge in [-0.05, 0) is 74.5 Å². The van der Waals surface area contributed by atoms with Gasteiger partial charge in [0.25, 0.3) is 5.91 Å². The Hall–Kier alpha value is -2.84. The van der Waals surface area contributed by atoms with Crippen LogP contribution in [0.4, 0.5) is 5.69 Å². The van der Waals surface area contributed by atoms with Gasteiger partial charge in [-0.2, -0.15) is 0 Å². The standard InChI is InChI=1S/C26H33N3O4S.C2H6.CH4/c1-5-29(6-2)25(30)20-9-7-19(8-10-20)23-18-26(13-15-27-16-14-26)33-24-12-11-21(17-22(23)24)28(3)34(4,31)32;1-2;/h7-12,17-18,27H,5-6,13-16H2,1-4H3;1-2H3;1H4. The lowest BCUT2D eigenvalue weighted by Gasteiger charge is -2.40. The van der Waals surface area contributed by atoms with Crippen molar-refractivity contribution in [2.75, 3.05) is 43.8 Å². The average molecular weight is 530 g/mol. The number of anilines is 1. The Balaban J connectivity index is 0.00000157. The zero-order valence-corrected chi connectivity index (χ0v) is 23.1. The zero-order valence-electron chi connectivity index (χ0n) is 22.3. The van der Waals surface area contributed by atoms with Crippen molar-refractivity contribution in [3.05, 3.63) is 65.2 Å². The summed E-state index contributed by atoms with van der Waals surface area (Å²) in [5.41, 5.74) is 3.63. The molecule has 1 fully saturated rings. The van der Waals surface area contributed by atoms with E-state index < -0.39 is 15.6 Å². The van der Waals surface area contributed by atoms with Crippen molar-refractivity contribution < 1.29 is 17.9 Å². The molecule has 0 aromatic heterocycles. The first-order valence-electron chi connectivity index (χ1n) is 12.8. The predicted octanol–water partition coefficient (Wildman–Crippen LogP) is 5.17. The number of benzene rings is 2. The van der Waals surface area contributed by atoms with Crippen molar-refractivity contribution in [2.24, 2.45) is 0 Å². The van der Waals surface area contributed by atoms with Crippen molar-refractivity contribution in [3.8, 4) is 5.75 Å². The number of rotatable bonds is 6. The summed E-state index contributed by atoms with van der Waals surface area (Å²) in [6, 6.07) is 13.2. The fourth-order valence-corrected chi connectivity index (χ4v) is 5.11. The number of amides is 1. The maximum Gasteiger partial charge on any atom is 0.253 e. The van der Waals surface area contributed by atoms with E-state index in [1.165, 1.54) is 10.6 Å². The number of carbonyl (C=O) groups excluding carboxylic acids is 1. The Bertz CT molecular complexity index is 1200. The number of nitrogens with zero attached hydrogens (tertiary/aromatic N) is 2. The lowest BCUT2D eigenvalue weighted by molar-refractivity contribution is 0.0772. The van der Waals surface area contributed by atoms with Crippen molar-refractivity contribution in [1.29, 1.82) is 0 Å². The van der Waals surface area contributed by atoms with Crippen LogP contribution in [-0.4, -0.2) is 64.3 Å². The monoisotopic (exact) mass is 529 g/mol. The van der Waals surface area contributed by atoms with Gasteiger partial charge in [-0.1, -0.05) is 33.4 Å². The molecule has 8 heteroatoms. The van der Waals surface area contributed by atoms with E-state index in [0.29, 0.717) is 24.3 Å². The number of hydrogen-bond acceptors (Lipinski definition) is 5. The minimum Gasteiger partial charge on any atom is -0.482 e. The molecule has 0 radical (unpaired) electrons. The van der Waals surface area contributed by atoms with Crippen LogP contribution in [0.15, 0.2) is 48.5 Å². The van der Waals surface area contributed by atoms with Crippen molar-refractivity contribution in [1.82, 2.24) is 10.2 Å². The average Bonchev–Trinajstić information content (AvgIpc) is 2.89. The van der Waals surface area contributed by atoms with Gasteiger partial charge < -0.3 is 15.0 Å². The van der Waals surface area contributed by atoms with Gasteiger partial charge in [0.05, 0.1) is 11.9 Å². The molecule has 0 aliphatic carbocycles. The van der Waals surface area contributed by atoms with Gasteiger partial charge in [-0.3, -0.25) is 9.10 Å². The first kappa shape index (κ1) is 30.4. The second-order valence-corrected chi connectivity index (χ2v) is 11.0. The molecule has 1 saturated heterocycles. The van der Waals surface area contributed by atoms with E-state index in [2.05, 4.69) is 11.4 Å². The van der Waals surface area contributed by atoms with E-state index in [0.717, 1.165) is 48.4 Å². The lowest BCUT2D eigenvalue weighted by atomic mass is 9.83. The smallest absolute Gasteiger partial charge is 0.253 e. The molecule has 7 nitrogen and oxygen atoms in total. The molecular weight excluding hydrogens is 486 g/mol. The fraction of sp³-hybridized carbons (Fsp3) is 0.483. The molecule has 4 rings (SSSR count). The molecule has 1 N–H and O–H groups in total. The van der Waals surface area contributed by atoms with E-state index in [1.807, 2.05) is 64.1 Å². The van der Waals surface area contributed by atoms with Crippen LogP contribution in [0.5, 0.6) is 5.75 Å². The Morgan fingerprint density at radius 1 is 1.03 bits per heavy atom. The van der Waals surface area contributed by atoms with Gasteiger partial charge in [-0.25, -0.2) is 8.42 Å². The Morgan fingerprint density at radius 2 is 1.62 bits per heavy atom. The molecule has 2 aliphatic heterocycles. The number of carbonyl (C=O) groups is 1. The number of hydrogen-bond donors (Lipinski definition) is 1. The van der Waals surface area contributed by atoms with Gasteiger partial charge in [0.2, 0.25) is 10.0 Å². The van der Waals surface area contributed by atoms with E-state index in [9.17, 15) is 13.2 Å². The first-order valence-corrected chi connectivity index (χ1v) is 14.6. The molecule has 0 atom stereocenters. The van der Waals surface area contributed by atoms with Crippen LogP contribution < -0.4 is 14.4 Å². The van der Waals surface area contributed by atoms with E-state index in [1.54, 1.807) is 18.0 Å². The van der Waals surface area contributed by atoms with Gasteiger partial charge in [-0.15, -0.1) is 0 Å². The third-order valence-corrected chi connectivity index (χ3v) is 7.98. The minimum atomic E-state index is -3.40. The van der Waals surface area contributed by atoms with Gasteiger partial charge in [0.15, 0.2) is 0 Å². The van der Waals surface area contributed by atoms with E-state index in [4.69, 9.17) is 4.74 Å². The van der Waals surface area contributed by atoms with Crippen LogP contribution in [0.25, 0.3) is 5.57 Å². The van der Waals surface area contributed by atoms with Crippen LogP contribution >= 0.6 is 0 Å². The lowest BCUT2D eigenvalue weighted by Crippen LogP contribution is -2.46. The van der Waals surface area contributed by atoms with E-state index in [-0.39, 0.29) is 13.3 Å². The quantitative estimate of drug-likeness (QED) is 0.558. The highest BCUT2D eigenvalue weighted by Gasteiger charge is 2.37. The summed E-state index contributed by atoms with van der Waals surface area (Å²) in [7, 11) is -1.85. The highest BCUT2D eigenvalue weighted by Crippen LogP contribution is 2.44.